The fourth-order valence-electron chi connectivity index (χ4n) is 3.44. The van der Waals surface area contributed by atoms with Crippen LogP contribution in [0.5, 0.6) is 0 Å². The number of anilines is 2. The van der Waals surface area contributed by atoms with E-state index in [2.05, 4.69) is 27.3 Å². The van der Waals surface area contributed by atoms with Gasteiger partial charge < -0.3 is 10.2 Å². The minimum Gasteiger partial charge on any atom is -0.356 e. The Morgan fingerprint density at radius 3 is 2.89 bits per heavy atom. The Labute approximate surface area is 169 Å². The molecule has 0 aliphatic carbocycles. The normalized spacial score (nSPS) is 20.3. The van der Waals surface area contributed by atoms with Crippen LogP contribution >= 0.6 is 23.1 Å². The summed E-state index contributed by atoms with van der Waals surface area (Å²) in [5.41, 5.74) is 0. The van der Waals surface area contributed by atoms with E-state index >= 15 is 0 Å². The Bertz CT molecular complexity index is 639. The highest BCUT2D eigenvalue weighted by Crippen LogP contribution is 2.32. The lowest BCUT2D eigenvalue weighted by Crippen LogP contribution is -2.43. The highest BCUT2D eigenvalue weighted by molar-refractivity contribution is 7.99. The van der Waals surface area contributed by atoms with E-state index < -0.39 is 0 Å². The summed E-state index contributed by atoms with van der Waals surface area (Å²) in [6, 6.07) is 0. The Kier molecular flexibility index (Phi) is 7.75. The second-order valence-corrected chi connectivity index (χ2v) is 9.22. The van der Waals surface area contributed by atoms with E-state index in [9.17, 15) is 9.59 Å². The quantitative estimate of drug-likeness (QED) is 0.629. The first kappa shape index (κ1) is 20.4. The molecule has 2 saturated heterocycles. The minimum absolute atomic E-state index is 0.00261. The fourth-order valence-corrected chi connectivity index (χ4v) is 5.20. The fraction of sp³-hybridized carbons (Fsp3) is 0.778. The van der Waals surface area contributed by atoms with Crippen molar-refractivity contribution in [1.29, 1.82) is 0 Å². The number of rotatable bonds is 9. The first-order valence-electron chi connectivity index (χ1n) is 9.93. The number of carbonyl (C=O) groups is 2. The molecule has 2 amide bonds. The largest absolute Gasteiger partial charge is 0.356 e. The molecule has 7 nitrogen and oxygen atoms in total. The van der Waals surface area contributed by atoms with Gasteiger partial charge in [0.15, 0.2) is 0 Å². The zero-order valence-electron chi connectivity index (χ0n) is 16.0. The average Bonchev–Trinajstić information content (AvgIpc) is 3.33. The number of hydrogen-bond acceptors (Lipinski definition) is 7. The Hall–Kier alpha value is -1.35. The van der Waals surface area contributed by atoms with E-state index in [-0.39, 0.29) is 17.7 Å². The molecule has 2 aliphatic heterocycles. The maximum Gasteiger partial charge on any atom is 0.228 e. The number of piperidine rings is 1. The van der Waals surface area contributed by atoms with Gasteiger partial charge in [-0.05, 0) is 43.6 Å². The van der Waals surface area contributed by atoms with Crippen molar-refractivity contribution in [2.24, 2.45) is 5.92 Å². The highest BCUT2D eigenvalue weighted by Gasteiger charge is 2.29. The summed E-state index contributed by atoms with van der Waals surface area (Å²) < 4.78 is 0. The molecule has 0 spiro atoms. The summed E-state index contributed by atoms with van der Waals surface area (Å²) in [5, 5.41) is 13.1. The lowest BCUT2D eigenvalue weighted by Gasteiger charge is -2.31. The van der Waals surface area contributed by atoms with Crippen LogP contribution in [-0.2, 0) is 9.59 Å². The summed E-state index contributed by atoms with van der Waals surface area (Å²) in [4.78, 5) is 28.2. The second kappa shape index (κ2) is 10.3. The van der Waals surface area contributed by atoms with Crippen LogP contribution in [-0.4, -0.2) is 59.7 Å². The predicted octanol–water partition coefficient (Wildman–Crippen LogP) is 2.53. The molecule has 1 N–H and O–H groups in total. The van der Waals surface area contributed by atoms with Crippen molar-refractivity contribution in [2.45, 2.75) is 45.4 Å². The minimum atomic E-state index is 0.00261. The summed E-state index contributed by atoms with van der Waals surface area (Å²) in [6.07, 6.45) is 5.60. The maximum atomic E-state index is 12.5. The van der Waals surface area contributed by atoms with E-state index in [0.717, 1.165) is 56.2 Å². The van der Waals surface area contributed by atoms with Gasteiger partial charge in [-0.1, -0.05) is 18.3 Å². The maximum absolute atomic E-state index is 12.5. The number of amides is 2. The van der Waals surface area contributed by atoms with Gasteiger partial charge in [0.25, 0.3) is 0 Å². The van der Waals surface area contributed by atoms with Crippen LogP contribution in [0.15, 0.2) is 0 Å². The number of nitrogens with zero attached hydrogens (tertiary/aromatic N) is 4. The number of nitrogens with one attached hydrogen (secondary N) is 1. The third kappa shape index (κ3) is 5.57. The van der Waals surface area contributed by atoms with Crippen LogP contribution in [0.2, 0.25) is 0 Å². The van der Waals surface area contributed by atoms with Crippen molar-refractivity contribution in [3.05, 3.63) is 0 Å². The smallest absolute Gasteiger partial charge is 0.228 e. The van der Waals surface area contributed by atoms with Gasteiger partial charge in [-0.2, -0.15) is 11.8 Å². The first-order chi connectivity index (χ1) is 13.2. The molecule has 27 heavy (non-hydrogen) atoms. The molecule has 0 unspecified atom stereocenters. The second-order valence-electron chi connectivity index (χ2n) is 7.06. The lowest BCUT2D eigenvalue weighted by molar-refractivity contribution is -0.125. The van der Waals surface area contributed by atoms with Crippen molar-refractivity contribution in [2.75, 3.05) is 47.5 Å². The van der Waals surface area contributed by atoms with E-state index in [0.29, 0.717) is 18.1 Å². The Morgan fingerprint density at radius 2 is 2.11 bits per heavy atom. The van der Waals surface area contributed by atoms with Gasteiger partial charge in [0.1, 0.15) is 0 Å². The zero-order chi connectivity index (χ0) is 19.1. The van der Waals surface area contributed by atoms with E-state index in [1.54, 1.807) is 4.90 Å². The number of aromatic nitrogens is 2. The number of hydrogen-bond donors (Lipinski definition) is 1. The van der Waals surface area contributed by atoms with Crippen LogP contribution < -0.4 is 15.1 Å². The van der Waals surface area contributed by atoms with Gasteiger partial charge in [0.2, 0.25) is 22.1 Å². The first-order valence-corrected chi connectivity index (χ1v) is 11.9. The molecule has 1 aromatic heterocycles. The third-order valence-electron chi connectivity index (χ3n) is 4.88. The lowest BCUT2D eigenvalue weighted by atomic mass is 9.97. The Balaban J connectivity index is 1.47. The van der Waals surface area contributed by atoms with E-state index in [4.69, 9.17) is 0 Å². The molecule has 3 heterocycles. The summed E-state index contributed by atoms with van der Waals surface area (Å²) in [5.74, 6) is 2.58. The van der Waals surface area contributed by atoms with Gasteiger partial charge in [-0.3, -0.25) is 14.5 Å². The molecule has 0 aromatic carbocycles. The van der Waals surface area contributed by atoms with Crippen molar-refractivity contribution in [3.63, 3.8) is 0 Å². The summed E-state index contributed by atoms with van der Waals surface area (Å²) >= 11 is 3.41. The van der Waals surface area contributed by atoms with Gasteiger partial charge in [-0.25, -0.2) is 0 Å². The van der Waals surface area contributed by atoms with E-state index in [1.165, 1.54) is 23.5 Å². The monoisotopic (exact) mass is 411 g/mol. The van der Waals surface area contributed by atoms with Crippen molar-refractivity contribution in [3.8, 4) is 0 Å². The van der Waals surface area contributed by atoms with Crippen LogP contribution in [0.4, 0.5) is 10.3 Å². The number of carbonyl (C=O) groups excluding carboxylic acids is 2. The van der Waals surface area contributed by atoms with Crippen molar-refractivity contribution in [1.82, 2.24) is 15.5 Å². The highest BCUT2D eigenvalue weighted by atomic mass is 32.2. The van der Waals surface area contributed by atoms with Crippen LogP contribution in [0, 0.1) is 5.92 Å². The zero-order valence-corrected chi connectivity index (χ0v) is 17.6. The van der Waals surface area contributed by atoms with E-state index in [1.807, 2.05) is 11.8 Å². The molecule has 1 aromatic rings. The molecule has 1 atom stereocenters. The molecule has 0 saturated carbocycles. The van der Waals surface area contributed by atoms with Crippen LogP contribution in [0.3, 0.4) is 0 Å². The topological polar surface area (TPSA) is 78.4 Å². The Morgan fingerprint density at radius 1 is 1.26 bits per heavy atom. The molecular formula is C18H29N5O2S2. The van der Waals surface area contributed by atoms with Gasteiger partial charge >= 0.3 is 0 Å². The molecule has 2 fully saturated rings. The van der Waals surface area contributed by atoms with Gasteiger partial charge in [0, 0.05) is 32.6 Å². The standard InChI is InChI=1S/C18H29N5O2S2/c1-2-11-26-12-5-8-19-16(25)14-6-3-9-22(13-14)17-20-21-18(27-17)23-10-4-7-15(23)24/h14H,2-13H2,1H3,(H,19,25)/t14-/m1/s1. The average molecular weight is 412 g/mol. The molecule has 9 heteroatoms. The molecule has 3 rings (SSSR count). The molecule has 0 bridgehead atoms. The van der Waals surface area contributed by atoms with Gasteiger partial charge in [0.05, 0.1) is 5.92 Å². The van der Waals surface area contributed by atoms with Crippen molar-refractivity contribution < 1.29 is 9.59 Å². The van der Waals surface area contributed by atoms with Crippen LogP contribution in [0.25, 0.3) is 0 Å². The molecule has 2 aliphatic rings. The molecular weight excluding hydrogens is 382 g/mol. The van der Waals surface area contributed by atoms with Gasteiger partial charge in [-0.15, -0.1) is 10.2 Å². The third-order valence-corrected chi connectivity index (χ3v) is 7.17. The SMILES string of the molecule is CCCSCCCNC(=O)[C@@H]1CCCN(c2nnc(N3CCCC3=O)s2)C1. The summed E-state index contributed by atoms with van der Waals surface area (Å²) in [7, 11) is 0. The molecule has 150 valence electrons. The molecule has 0 radical (unpaired) electrons. The predicted molar refractivity (Wildman–Crippen MR) is 112 cm³/mol. The summed E-state index contributed by atoms with van der Waals surface area (Å²) in [6.45, 7) is 5.24. The van der Waals surface area contributed by atoms with Crippen molar-refractivity contribution >= 4 is 45.2 Å². The number of thioether (sulfide) groups is 1. The van der Waals surface area contributed by atoms with Crippen LogP contribution in [0.1, 0.15) is 45.4 Å².